The maximum absolute atomic E-state index is 10.7. The van der Waals surface area contributed by atoms with Gasteiger partial charge < -0.3 is 5.11 Å². The molecule has 0 bridgehead atoms. The van der Waals surface area contributed by atoms with E-state index < -0.39 is 9.05 Å². The number of hydrogen-bond donors (Lipinski definition) is 1. The average molecular weight is 673 g/mol. The molecule has 8 heteroatoms. The number of aryl methyl sites for hydroxylation is 1. The van der Waals surface area contributed by atoms with Crippen LogP contribution in [0.1, 0.15) is 71.3 Å². The van der Waals surface area contributed by atoms with Crippen molar-refractivity contribution in [1.29, 1.82) is 0 Å². The fraction of sp³-hybridized carbons (Fsp3) is 0.361. The minimum absolute atomic E-state index is 0.0860. The van der Waals surface area contributed by atoms with E-state index in [1.54, 1.807) is 24.5 Å². The molecule has 0 saturated carbocycles. The first kappa shape index (κ1) is 44.9. The lowest BCUT2D eigenvalue weighted by Gasteiger charge is -1.94. The Balaban J connectivity index is -0.000000503. The first-order valence-electron chi connectivity index (χ1n) is 13.6. The monoisotopic (exact) mass is 671 g/mol. The lowest BCUT2D eigenvalue weighted by molar-refractivity contribution is 0.350. The van der Waals surface area contributed by atoms with Gasteiger partial charge in [0.2, 0.25) is 0 Å². The van der Waals surface area contributed by atoms with Crippen LogP contribution in [-0.4, -0.2) is 30.5 Å². The van der Waals surface area contributed by atoms with Crippen LogP contribution in [0, 0.1) is 78.0 Å². The Morgan fingerprint density at radius 2 is 0.977 bits per heavy atom. The second-order valence-electron chi connectivity index (χ2n) is 7.42. The molecule has 234 valence electrons. The highest BCUT2D eigenvalue weighted by molar-refractivity contribution is 8.13. The summed E-state index contributed by atoms with van der Waals surface area (Å²) >= 11 is 9.53. The van der Waals surface area contributed by atoms with Crippen molar-refractivity contribution in [2.75, 3.05) is 11.9 Å². The van der Waals surface area contributed by atoms with Crippen LogP contribution in [0.2, 0.25) is 0 Å². The maximum Gasteiger partial charge on any atom is 0.261 e. The van der Waals surface area contributed by atoms with Crippen LogP contribution < -0.4 is 0 Å². The van der Waals surface area contributed by atoms with E-state index in [2.05, 4.69) is 76.0 Å². The Labute approximate surface area is 281 Å². The normalized spacial score (nSPS) is 7.91. The second-order valence-corrected chi connectivity index (χ2v) is 10.8. The predicted octanol–water partition coefficient (Wildman–Crippen LogP) is 8.20. The number of hydrogen-bond acceptors (Lipinski definition) is 4. The molecule has 0 aliphatic carbocycles. The predicted molar refractivity (Wildman–Crippen MR) is 188 cm³/mol. The zero-order valence-electron chi connectivity index (χ0n) is 25.8. The summed E-state index contributed by atoms with van der Waals surface area (Å²) in [4.78, 5) is 3.93. The number of aromatic nitrogens is 1. The van der Waals surface area contributed by atoms with Crippen molar-refractivity contribution in [2.24, 2.45) is 0 Å². The van der Waals surface area contributed by atoms with Gasteiger partial charge in [-0.15, -0.1) is 41.0 Å². The Hall–Kier alpha value is -3.49. The van der Waals surface area contributed by atoms with Crippen molar-refractivity contribution in [3.05, 3.63) is 60.4 Å². The van der Waals surface area contributed by atoms with Crippen molar-refractivity contribution in [3.8, 4) is 71.0 Å². The molecule has 0 fully saturated rings. The third-order valence-electron chi connectivity index (χ3n) is 3.94. The molecular formula is C36H40Cl3NO3S. The molecule has 4 nitrogen and oxygen atoms in total. The highest BCUT2D eigenvalue weighted by Gasteiger charge is 2.07. The Kier molecular flexibility index (Phi) is 38.3. The lowest BCUT2D eigenvalue weighted by atomic mass is 10.2. The molecule has 1 N–H and O–H groups in total. The third kappa shape index (κ3) is 40.6. The van der Waals surface area contributed by atoms with Crippen molar-refractivity contribution in [2.45, 2.75) is 77.5 Å². The van der Waals surface area contributed by atoms with Gasteiger partial charge in [-0.2, -0.15) is 0 Å². The summed E-state index contributed by atoms with van der Waals surface area (Å²) in [6, 6.07) is 12.1. The summed E-state index contributed by atoms with van der Waals surface area (Å²) in [6.07, 6.45) is 8.72. The van der Waals surface area contributed by atoms with E-state index in [0.717, 1.165) is 24.8 Å². The number of benzene rings is 1. The summed E-state index contributed by atoms with van der Waals surface area (Å²) < 4.78 is 21.4. The van der Waals surface area contributed by atoms with Gasteiger partial charge in [0.05, 0.1) is 35.9 Å². The largest absolute Gasteiger partial charge is 0.384 e. The van der Waals surface area contributed by atoms with Gasteiger partial charge in [0.25, 0.3) is 9.05 Å². The molecule has 2 aromatic rings. The third-order valence-corrected chi connectivity index (χ3v) is 5.31. The molecule has 0 aliphatic heterocycles. The molecule has 2 rings (SSSR count). The number of aliphatic hydroxyl groups is 1. The molecular weight excluding hydrogens is 633 g/mol. The van der Waals surface area contributed by atoms with E-state index in [9.17, 15) is 8.42 Å². The summed E-state index contributed by atoms with van der Waals surface area (Å²) in [5, 5.41) is 8.49. The lowest BCUT2D eigenvalue weighted by Crippen LogP contribution is -1.89. The summed E-state index contributed by atoms with van der Waals surface area (Å²) in [5.41, 5.74) is 1.01. The zero-order chi connectivity index (χ0) is 33.6. The first-order valence-corrected chi connectivity index (χ1v) is 17.0. The Morgan fingerprint density at radius 1 is 0.636 bits per heavy atom. The van der Waals surface area contributed by atoms with Crippen molar-refractivity contribution in [3.63, 3.8) is 0 Å². The molecule has 0 radical (unpaired) electrons. The maximum atomic E-state index is 10.7. The molecule has 0 spiro atoms. The molecule has 1 heterocycles. The van der Waals surface area contributed by atoms with Gasteiger partial charge in [-0.05, 0) is 31.2 Å². The van der Waals surface area contributed by atoms with Crippen molar-refractivity contribution >= 4 is 42.9 Å². The smallest absolute Gasteiger partial charge is 0.261 e. The standard InChI is InChI=1S/C12H14.C11H12O.C7H7ClO2S.C5H5N.CH2Cl2/c1-3-5-7-9-11-12-10-8-6-4-2;1-2-3-4-5-6-7-8-9-10-11-12;1-6-2-4-7(5-3-6)11(8,9)10;1-2-4-6-5-3-1;2-1-3/h3-4,9-10H2,1-2H3;12H,2,5,8,11H2,1H3;2-5H,1H3;1-5H;1H2. The van der Waals surface area contributed by atoms with Crippen LogP contribution in [0.4, 0.5) is 0 Å². The topological polar surface area (TPSA) is 67.3 Å². The average Bonchev–Trinajstić information content (AvgIpc) is 3.02. The van der Waals surface area contributed by atoms with Gasteiger partial charge in [0.1, 0.15) is 6.61 Å². The molecule has 0 amide bonds. The summed E-state index contributed by atoms with van der Waals surface area (Å²) in [7, 11) is 1.54. The molecule has 1 aromatic carbocycles. The van der Waals surface area contributed by atoms with Crippen LogP contribution in [-0.2, 0) is 9.05 Å². The highest BCUT2D eigenvalue weighted by Crippen LogP contribution is 2.14. The van der Waals surface area contributed by atoms with Crippen LogP contribution >= 0.6 is 33.9 Å². The van der Waals surface area contributed by atoms with Crippen LogP contribution in [0.3, 0.4) is 0 Å². The fourth-order valence-electron chi connectivity index (χ4n) is 2.12. The zero-order valence-corrected chi connectivity index (χ0v) is 28.9. The van der Waals surface area contributed by atoms with Crippen molar-refractivity contribution in [1.82, 2.24) is 4.98 Å². The number of alkyl halides is 2. The highest BCUT2D eigenvalue weighted by atomic mass is 35.7. The second kappa shape index (κ2) is 37.5. The number of pyridine rings is 1. The van der Waals surface area contributed by atoms with Crippen molar-refractivity contribution < 1.29 is 13.5 Å². The number of nitrogens with zero attached hydrogens (tertiary/aromatic N) is 1. The molecule has 0 unspecified atom stereocenters. The molecule has 0 saturated heterocycles. The van der Waals surface area contributed by atoms with E-state index in [0.29, 0.717) is 25.7 Å². The quantitative estimate of drug-likeness (QED) is 0.188. The van der Waals surface area contributed by atoms with Gasteiger partial charge in [-0.25, -0.2) is 8.42 Å². The molecule has 0 aliphatic rings. The molecule has 44 heavy (non-hydrogen) atoms. The van der Waals surface area contributed by atoms with Gasteiger partial charge in [0.15, 0.2) is 0 Å². The number of rotatable bonds is 1. The Morgan fingerprint density at radius 3 is 1.23 bits per heavy atom. The SMILES string of the molecule is CCC#CCC#CCC#CCC.CCC#CCC#CCC#CCO.Cc1ccc(S(=O)(=O)Cl)cc1.ClCCl.c1ccncc1. The van der Waals surface area contributed by atoms with E-state index >= 15 is 0 Å². The van der Waals surface area contributed by atoms with Gasteiger partial charge in [0, 0.05) is 42.3 Å². The minimum atomic E-state index is -3.55. The van der Waals surface area contributed by atoms with Gasteiger partial charge >= 0.3 is 0 Å². The van der Waals surface area contributed by atoms with Crippen LogP contribution in [0.15, 0.2) is 59.8 Å². The van der Waals surface area contributed by atoms with Crippen LogP contribution in [0.5, 0.6) is 0 Å². The number of aliphatic hydroxyl groups excluding tert-OH is 1. The molecule has 0 atom stereocenters. The van der Waals surface area contributed by atoms with E-state index in [1.807, 2.05) is 45.9 Å². The molecule has 1 aromatic heterocycles. The minimum Gasteiger partial charge on any atom is -0.384 e. The van der Waals surface area contributed by atoms with Gasteiger partial charge in [-0.1, -0.05) is 97.8 Å². The van der Waals surface area contributed by atoms with E-state index in [1.165, 1.54) is 12.1 Å². The van der Waals surface area contributed by atoms with Crippen LogP contribution in [0.25, 0.3) is 0 Å². The Bertz CT molecular complexity index is 1310. The summed E-state index contributed by atoms with van der Waals surface area (Å²) in [5.74, 6) is 34.5. The van der Waals surface area contributed by atoms with E-state index in [4.69, 9.17) is 39.0 Å². The van der Waals surface area contributed by atoms with Gasteiger partial charge in [-0.3, -0.25) is 4.98 Å². The van der Waals surface area contributed by atoms with E-state index in [-0.39, 0.29) is 16.8 Å². The fourth-order valence-corrected chi connectivity index (χ4v) is 2.89. The summed E-state index contributed by atoms with van der Waals surface area (Å²) in [6.45, 7) is 7.87. The number of halogens is 3. The first-order chi connectivity index (χ1) is 21.2.